The van der Waals surface area contributed by atoms with Gasteiger partial charge >= 0.3 is 0 Å². The van der Waals surface area contributed by atoms with E-state index in [4.69, 9.17) is 0 Å². The van der Waals surface area contributed by atoms with E-state index in [-0.39, 0.29) is 23.4 Å². The third-order valence-corrected chi connectivity index (χ3v) is 5.49. The molecule has 0 radical (unpaired) electrons. The zero-order valence-electron chi connectivity index (χ0n) is 16.9. The van der Waals surface area contributed by atoms with Crippen molar-refractivity contribution in [3.05, 3.63) is 40.3 Å². The Balaban J connectivity index is 1.50. The number of aromatic nitrogens is 2. The average molecular weight is 397 g/mol. The van der Waals surface area contributed by atoms with Crippen LogP contribution in [0.15, 0.2) is 29.1 Å². The van der Waals surface area contributed by atoms with Crippen molar-refractivity contribution in [1.29, 1.82) is 0 Å². The lowest BCUT2D eigenvalue weighted by molar-refractivity contribution is -0.122. The maximum absolute atomic E-state index is 13.2. The Morgan fingerprint density at radius 1 is 1.10 bits per heavy atom. The summed E-state index contributed by atoms with van der Waals surface area (Å²) in [5.41, 5.74) is 0.132. The van der Waals surface area contributed by atoms with Gasteiger partial charge in [0.15, 0.2) is 5.69 Å². The van der Waals surface area contributed by atoms with Crippen molar-refractivity contribution in [2.75, 3.05) is 32.7 Å². The van der Waals surface area contributed by atoms with Crippen molar-refractivity contribution in [2.24, 2.45) is 0 Å². The molecule has 2 amide bonds. The van der Waals surface area contributed by atoms with Gasteiger partial charge in [-0.1, -0.05) is 18.2 Å². The first-order chi connectivity index (χ1) is 13.9. The van der Waals surface area contributed by atoms with Crippen LogP contribution in [0.2, 0.25) is 0 Å². The van der Waals surface area contributed by atoms with Gasteiger partial charge in [0.25, 0.3) is 11.5 Å². The highest BCUT2D eigenvalue weighted by Gasteiger charge is 2.28. The van der Waals surface area contributed by atoms with Crippen molar-refractivity contribution in [3.63, 3.8) is 0 Å². The molecule has 0 spiro atoms. The number of carbonyl (C=O) groups is 2. The van der Waals surface area contributed by atoms with Crippen LogP contribution in [0.1, 0.15) is 43.2 Å². The highest BCUT2D eigenvalue weighted by atomic mass is 16.2. The highest BCUT2D eigenvalue weighted by Crippen LogP contribution is 2.19. The number of nitrogens with one attached hydrogen (secondary N) is 1. The number of rotatable bonds is 5. The lowest BCUT2D eigenvalue weighted by atomic mass is 10.1. The summed E-state index contributed by atoms with van der Waals surface area (Å²) in [5, 5.41) is 8.51. The van der Waals surface area contributed by atoms with Crippen molar-refractivity contribution in [1.82, 2.24) is 24.9 Å². The largest absolute Gasteiger partial charge is 0.352 e. The van der Waals surface area contributed by atoms with Gasteiger partial charge in [0.05, 0.1) is 18.0 Å². The fourth-order valence-electron chi connectivity index (χ4n) is 3.68. The van der Waals surface area contributed by atoms with Crippen molar-refractivity contribution >= 4 is 22.6 Å². The Morgan fingerprint density at radius 3 is 2.38 bits per heavy atom. The van der Waals surface area contributed by atoms with E-state index >= 15 is 0 Å². The van der Waals surface area contributed by atoms with Crippen LogP contribution in [0.5, 0.6) is 0 Å². The van der Waals surface area contributed by atoms with E-state index in [1.54, 1.807) is 23.1 Å². The molecule has 29 heavy (non-hydrogen) atoms. The highest BCUT2D eigenvalue weighted by molar-refractivity contribution is 6.04. The van der Waals surface area contributed by atoms with Crippen LogP contribution in [-0.2, 0) is 4.79 Å². The zero-order valence-corrected chi connectivity index (χ0v) is 16.9. The lowest BCUT2D eigenvalue weighted by Crippen LogP contribution is -2.51. The SMILES string of the molecule is CC(C)n1nc(C(=O)N2CCN(CC(=O)NC3CC3)CC2)c2ccccc2c1=O. The van der Waals surface area contributed by atoms with Crippen LogP contribution in [0.4, 0.5) is 0 Å². The number of amides is 2. The van der Waals surface area contributed by atoms with Crippen LogP contribution >= 0.6 is 0 Å². The van der Waals surface area contributed by atoms with Gasteiger partial charge in [-0.3, -0.25) is 19.3 Å². The molecule has 1 aliphatic heterocycles. The summed E-state index contributed by atoms with van der Waals surface area (Å²) in [6.07, 6.45) is 2.15. The molecular weight excluding hydrogens is 370 g/mol. The monoisotopic (exact) mass is 397 g/mol. The van der Waals surface area contributed by atoms with E-state index in [1.807, 2.05) is 19.9 Å². The van der Waals surface area contributed by atoms with Gasteiger partial charge in [-0.2, -0.15) is 5.10 Å². The smallest absolute Gasteiger partial charge is 0.275 e. The molecule has 1 saturated carbocycles. The molecule has 4 rings (SSSR count). The Morgan fingerprint density at radius 2 is 1.76 bits per heavy atom. The van der Waals surface area contributed by atoms with E-state index < -0.39 is 0 Å². The Bertz CT molecular complexity index is 987. The first kappa shape index (κ1) is 19.6. The molecule has 1 saturated heterocycles. The first-order valence-electron chi connectivity index (χ1n) is 10.3. The minimum atomic E-state index is -0.182. The Hall–Kier alpha value is -2.74. The molecule has 2 fully saturated rings. The van der Waals surface area contributed by atoms with E-state index in [9.17, 15) is 14.4 Å². The number of hydrogen-bond acceptors (Lipinski definition) is 5. The van der Waals surface area contributed by atoms with E-state index in [1.165, 1.54) is 4.68 Å². The van der Waals surface area contributed by atoms with Gasteiger partial charge in [-0.05, 0) is 32.8 Å². The summed E-state index contributed by atoms with van der Waals surface area (Å²) in [5.74, 6) is -0.110. The number of carbonyl (C=O) groups excluding carboxylic acids is 2. The Labute approximate surface area is 169 Å². The van der Waals surface area contributed by atoms with Gasteiger partial charge in [0.1, 0.15) is 0 Å². The number of hydrogen-bond donors (Lipinski definition) is 1. The Kier molecular flexibility index (Phi) is 5.36. The second-order valence-corrected chi connectivity index (χ2v) is 8.15. The summed E-state index contributed by atoms with van der Waals surface area (Å²) in [7, 11) is 0. The fraction of sp³-hybridized carbons (Fsp3) is 0.524. The van der Waals surface area contributed by atoms with Crippen LogP contribution < -0.4 is 10.9 Å². The molecule has 2 aliphatic rings. The maximum Gasteiger partial charge on any atom is 0.275 e. The standard InChI is InChI=1S/C21H27N5O3/c1-14(2)26-20(28)17-6-4-3-5-16(17)19(23-26)21(29)25-11-9-24(10-12-25)13-18(27)22-15-7-8-15/h3-6,14-15H,7-13H2,1-2H3,(H,22,27). The molecule has 0 unspecified atom stereocenters. The van der Waals surface area contributed by atoms with Gasteiger partial charge < -0.3 is 10.2 Å². The second kappa shape index (κ2) is 7.94. The summed E-state index contributed by atoms with van der Waals surface area (Å²) < 4.78 is 1.38. The average Bonchev–Trinajstić information content (AvgIpc) is 3.52. The summed E-state index contributed by atoms with van der Waals surface area (Å²) in [4.78, 5) is 41.7. The number of nitrogens with zero attached hydrogens (tertiary/aromatic N) is 4. The minimum absolute atomic E-state index is 0.0592. The number of fused-ring (bicyclic) bond motifs is 1. The molecule has 1 N–H and O–H groups in total. The molecule has 2 aromatic rings. The van der Waals surface area contributed by atoms with Gasteiger partial charge in [-0.25, -0.2) is 4.68 Å². The minimum Gasteiger partial charge on any atom is -0.352 e. The fourth-order valence-corrected chi connectivity index (χ4v) is 3.68. The van der Waals surface area contributed by atoms with Crippen molar-refractivity contribution < 1.29 is 9.59 Å². The molecule has 1 aromatic carbocycles. The maximum atomic E-state index is 13.2. The summed E-state index contributed by atoms with van der Waals surface area (Å²) in [6.45, 7) is 6.49. The number of benzene rings is 1. The van der Waals surface area contributed by atoms with Crippen molar-refractivity contribution in [2.45, 2.75) is 38.8 Å². The predicted octanol–water partition coefficient (Wildman–Crippen LogP) is 1.01. The molecule has 0 atom stereocenters. The van der Waals surface area contributed by atoms with Gasteiger partial charge in [-0.15, -0.1) is 0 Å². The van der Waals surface area contributed by atoms with Gasteiger partial charge in [0.2, 0.25) is 5.91 Å². The molecule has 154 valence electrons. The van der Waals surface area contributed by atoms with Gasteiger partial charge in [0, 0.05) is 37.6 Å². The normalized spacial score (nSPS) is 17.7. The molecule has 8 nitrogen and oxygen atoms in total. The van der Waals surface area contributed by atoms with E-state index in [2.05, 4.69) is 15.3 Å². The summed E-state index contributed by atoms with van der Waals surface area (Å²) >= 11 is 0. The van der Waals surface area contributed by atoms with E-state index in [0.717, 1.165) is 12.8 Å². The summed E-state index contributed by atoms with van der Waals surface area (Å²) in [6, 6.07) is 7.36. The number of piperazine rings is 1. The third kappa shape index (κ3) is 4.17. The lowest BCUT2D eigenvalue weighted by Gasteiger charge is -2.34. The van der Waals surface area contributed by atoms with E-state index in [0.29, 0.717) is 55.2 Å². The second-order valence-electron chi connectivity index (χ2n) is 8.15. The van der Waals surface area contributed by atoms with Crippen LogP contribution in [0.25, 0.3) is 10.8 Å². The molecule has 1 aromatic heterocycles. The third-order valence-electron chi connectivity index (χ3n) is 5.49. The zero-order chi connectivity index (χ0) is 20.5. The first-order valence-corrected chi connectivity index (χ1v) is 10.3. The van der Waals surface area contributed by atoms with Crippen LogP contribution in [-0.4, -0.2) is 70.2 Å². The molecule has 2 heterocycles. The van der Waals surface area contributed by atoms with Crippen molar-refractivity contribution in [3.8, 4) is 0 Å². The molecule has 8 heteroatoms. The van der Waals surface area contributed by atoms with Crippen LogP contribution in [0, 0.1) is 0 Å². The molecule has 1 aliphatic carbocycles. The predicted molar refractivity (Wildman–Crippen MR) is 110 cm³/mol. The molecule has 0 bridgehead atoms. The van der Waals surface area contributed by atoms with Crippen LogP contribution in [0.3, 0.4) is 0 Å². The quantitative estimate of drug-likeness (QED) is 0.814. The molecular formula is C21H27N5O3. The topological polar surface area (TPSA) is 87.5 Å².